The van der Waals surface area contributed by atoms with Gasteiger partial charge >= 0.3 is 0 Å². The minimum Gasteiger partial charge on any atom is -0.392 e. The van der Waals surface area contributed by atoms with Crippen LogP contribution in [-0.4, -0.2) is 11.7 Å². The van der Waals surface area contributed by atoms with Crippen molar-refractivity contribution in [2.75, 3.05) is 6.61 Å². The number of aliphatic hydroxyl groups is 1. The lowest BCUT2D eigenvalue weighted by Gasteiger charge is -2.36. The average Bonchev–Trinajstić information content (AvgIpc) is 2.88. The van der Waals surface area contributed by atoms with E-state index in [1.54, 1.807) is 0 Å². The van der Waals surface area contributed by atoms with Crippen LogP contribution >= 0.6 is 0 Å². The summed E-state index contributed by atoms with van der Waals surface area (Å²) in [6.45, 7) is 2.37. The molecule has 102 valence electrons. The van der Waals surface area contributed by atoms with Crippen molar-refractivity contribution < 1.29 is 5.11 Å². The fourth-order valence-electron chi connectivity index (χ4n) is 4.02. The summed E-state index contributed by atoms with van der Waals surface area (Å²) in [6, 6.07) is 8.79. The van der Waals surface area contributed by atoms with Crippen molar-refractivity contribution in [3.05, 3.63) is 41.0 Å². The van der Waals surface area contributed by atoms with E-state index in [0.29, 0.717) is 5.41 Å². The molecule has 19 heavy (non-hydrogen) atoms. The van der Waals surface area contributed by atoms with Crippen molar-refractivity contribution in [1.29, 1.82) is 0 Å². The molecule has 1 heteroatoms. The molecule has 0 saturated heterocycles. The van der Waals surface area contributed by atoms with E-state index in [-0.39, 0.29) is 6.61 Å². The molecular formula is C18H24O. The van der Waals surface area contributed by atoms with E-state index in [1.165, 1.54) is 54.4 Å². The van der Waals surface area contributed by atoms with Crippen LogP contribution < -0.4 is 0 Å². The van der Waals surface area contributed by atoms with E-state index in [0.717, 1.165) is 12.8 Å². The smallest absolute Gasteiger partial charge is 0.0647 e. The Morgan fingerprint density at radius 1 is 1.05 bits per heavy atom. The zero-order valence-corrected chi connectivity index (χ0v) is 11.9. The van der Waals surface area contributed by atoms with Gasteiger partial charge in [-0.1, -0.05) is 42.7 Å². The Morgan fingerprint density at radius 2 is 1.74 bits per heavy atom. The highest BCUT2D eigenvalue weighted by Gasteiger charge is 2.37. The molecule has 1 aromatic rings. The number of allylic oxidation sites excluding steroid dienone is 1. The first-order chi connectivity index (χ1) is 9.22. The molecule has 0 aromatic heterocycles. The standard InChI is InChI=1S/C18H24O/c1-14-4-6-15(7-5-14)17-8-11-18(9-2-3-10-18)12-16(17)13-19/h4-7,19H,2-3,8-13H2,1H3. The first kappa shape index (κ1) is 12.9. The van der Waals surface area contributed by atoms with Crippen LogP contribution in [0.5, 0.6) is 0 Å². The fraction of sp³-hybridized carbons (Fsp3) is 0.556. The second kappa shape index (κ2) is 5.13. The van der Waals surface area contributed by atoms with Crippen molar-refractivity contribution in [3.63, 3.8) is 0 Å². The normalized spacial score (nSPS) is 22.2. The van der Waals surface area contributed by atoms with E-state index in [4.69, 9.17) is 0 Å². The lowest BCUT2D eigenvalue weighted by Crippen LogP contribution is -2.23. The van der Waals surface area contributed by atoms with Crippen molar-refractivity contribution in [1.82, 2.24) is 0 Å². The van der Waals surface area contributed by atoms with Gasteiger partial charge in [-0.15, -0.1) is 0 Å². The Balaban J connectivity index is 1.91. The predicted octanol–water partition coefficient (Wildman–Crippen LogP) is 4.49. The minimum absolute atomic E-state index is 0.241. The molecule has 1 aromatic carbocycles. The van der Waals surface area contributed by atoms with Crippen LogP contribution in [0.4, 0.5) is 0 Å². The van der Waals surface area contributed by atoms with Crippen LogP contribution in [0, 0.1) is 12.3 Å². The molecule has 2 aliphatic carbocycles. The molecule has 0 bridgehead atoms. The summed E-state index contributed by atoms with van der Waals surface area (Å²) in [5.74, 6) is 0. The van der Waals surface area contributed by atoms with Gasteiger partial charge in [0.2, 0.25) is 0 Å². The van der Waals surface area contributed by atoms with E-state index in [2.05, 4.69) is 31.2 Å². The lowest BCUT2D eigenvalue weighted by atomic mass is 9.69. The fourth-order valence-corrected chi connectivity index (χ4v) is 4.02. The molecule has 0 atom stereocenters. The SMILES string of the molecule is Cc1ccc(C2=C(CO)CC3(CCCC3)CC2)cc1. The van der Waals surface area contributed by atoms with Crippen molar-refractivity contribution in [3.8, 4) is 0 Å². The van der Waals surface area contributed by atoms with Gasteiger partial charge in [-0.05, 0) is 61.2 Å². The summed E-state index contributed by atoms with van der Waals surface area (Å²) in [6.07, 6.45) is 9.12. The maximum atomic E-state index is 9.76. The zero-order valence-electron chi connectivity index (χ0n) is 11.9. The van der Waals surface area contributed by atoms with E-state index in [9.17, 15) is 5.11 Å². The molecule has 1 N–H and O–H groups in total. The van der Waals surface area contributed by atoms with E-state index >= 15 is 0 Å². The summed E-state index contributed by atoms with van der Waals surface area (Å²) in [4.78, 5) is 0. The van der Waals surface area contributed by atoms with Gasteiger partial charge in [-0.2, -0.15) is 0 Å². The largest absolute Gasteiger partial charge is 0.392 e. The van der Waals surface area contributed by atoms with Gasteiger partial charge in [-0.3, -0.25) is 0 Å². The number of aryl methyl sites for hydroxylation is 1. The lowest BCUT2D eigenvalue weighted by molar-refractivity contribution is 0.237. The van der Waals surface area contributed by atoms with Crippen molar-refractivity contribution in [2.24, 2.45) is 5.41 Å². The highest BCUT2D eigenvalue weighted by Crippen LogP contribution is 2.51. The quantitative estimate of drug-likeness (QED) is 0.827. The third kappa shape index (κ3) is 2.49. The first-order valence-electron chi connectivity index (χ1n) is 7.61. The van der Waals surface area contributed by atoms with Gasteiger partial charge in [0.15, 0.2) is 0 Å². The number of hydrogen-bond donors (Lipinski definition) is 1. The Kier molecular flexibility index (Phi) is 3.49. The first-order valence-corrected chi connectivity index (χ1v) is 7.61. The molecule has 3 rings (SSSR count). The Morgan fingerprint density at radius 3 is 2.37 bits per heavy atom. The predicted molar refractivity (Wildman–Crippen MR) is 79.9 cm³/mol. The Bertz CT molecular complexity index is 475. The minimum atomic E-state index is 0.241. The second-order valence-electron chi connectivity index (χ2n) is 6.49. The molecular weight excluding hydrogens is 232 g/mol. The summed E-state index contributed by atoms with van der Waals surface area (Å²) in [7, 11) is 0. The maximum Gasteiger partial charge on any atom is 0.0647 e. The average molecular weight is 256 g/mol. The van der Waals surface area contributed by atoms with Crippen LogP contribution in [0.1, 0.15) is 56.1 Å². The van der Waals surface area contributed by atoms with Crippen LogP contribution in [-0.2, 0) is 0 Å². The summed E-state index contributed by atoms with van der Waals surface area (Å²) >= 11 is 0. The van der Waals surface area contributed by atoms with Crippen LogP contribution in [0.3, 0.4) is 0 Å². The molecule has 0 aliphatic heterocycles. The molecule has 0 heterocycles. The molecule has 0 unspecified atom stereocenters. The third-order valence-electron chi connectivity index (χ3n) is 5.18. The summed E-state index contributed by atoms with van der Waals surface area (Å²) < 4.78 is 0. The monoisotopic (exact) mass is 256 g/mol. The highest BCUT2D eigenvalue weighted by atomic mass is 16.3. The van der Waals surface area contributed by atoms with Crippen LogP contribution in [0.2, 0.25) is 0 Å². The topological polar surface area (TPSA) is 20.2 Å². The molecule has 2 aliphatic rings. The van der Waals surface area contributed by atoms with Gasteiger partial charge in [-0.25, -0.2) is 0 Å². The maximum absolute atomic E-state index is 9.76. The number of benzene rings is 1. The van der Waals surface area contributed by atoms with Crippen molar-refractivity contribution >= 4 is 5.57 Å². The van der Waals surface area contributed by atoms with Crippen molar-refractivity contribution in [2.45, 2.75) is 51.9 Å². The number of hydrogen-bond acceptors (Lipinski definition) is 1. The second-order valence-corrected chi connectivity index (χ2v) is 6.49. The van der Waals surface area contributed by atoms with Gasteiger partial charge in [0.25, 0.3) is 0 Å². The molecule has 1 fully saturated rings. The molecule has 0 radical (unpaired) electrons. The van der Waals surface area contributed by atoms with E-state index < -0.39 is 0 Å². The van der Waals surface area contributed by atoms with Gasteiger partial charge < -0.3 is 5.11 Å². The molecule has 1 nitrogen and oxygen atoms in total. The highest BCUT2D eigenvalue weighted by molar-refractivity contribution is 5.70. The zero-order chi connectivity index (χ0) is 13.3. The summed E-state index contributed by atoms with van der Waals surface area (Å²) in [5, 5.41) is 9.76. The van der Waals surface area contributed by atoms with Crippen LogP contribution in [0.25, 0.3) is 5.57 Å². The van der Waals surface area contributed by atoms with Gasteiger partial charge in [0.1, 0.15) is 0 Å². The number of rotatable bonds is 2. The number of aliphatic hydroxyl groups excluding tert-OH is 1. The van der Waals surface area contributed by atoms with E-state index in [1.807, 2.05) is 0 Å². The molecule has 1 saturated carbocycles. The van der Waals surface area contributed by atoms with Gasteiger partial charge in [0.05, 0.1) is 6.61 Å². The molecule has 1 spiro atoms. The summed E-state index contributed by atoms with van der Waals surface area (Å²) in [5.41, 5.74) is 5.88. The van der Waals surface area contributed by atoms with Gasteiger partial charge in [0, 0.05) is 0 Å². The molecule has 0 amide bonds. The Hall–Kier alpha value is -1.08. The third-order valence-corrected chi connectivity index (χ3v) is 5.18. The van der Waals surface area contributed by atoms with Crippen LogP contribution in [0.15, 0.2) is 29.8 Å². The Labute approximate surface area is 116 Å².